The number of halogens is 2. The van der Waals surface area contributed by atoms with E-state index in [1.807, 2.05) is 13.8 Å². The van der Waals surface area contributed by atoms with Gasteiger partial charge in [0.15, 0.2) is 0 Å². The van der Waals surface area contributed by atoms with Crippen LogP contribution < -0.4 is 16.6 Å². The molecule has 28 heavy (non-hydrogen) atoms. The Kier molecular flexibility index (Phi) is 5.38. The SMILES string of the molecule is CC(C)NC(=O)[C@H](C)n1c(=O)n(-c2ccc(F)c(Cl)c2)c(=O)c2ccccc21. The highest BCUT2D eigenvalue weighted by molar-refractivity contribution is 6.30. The number of carbonyl (C=O) groups is 1. The number of fused-ring (bicyclic) bond motifs is 1. The van der Waals surface area contributed by atoms with Crippen LogP contribution >= 0.6 is 11.6 Å². The minimum Gasteiger partial charge on any atom is -0.352 e. The molecule has 0 spiro atoms. The maximum absolute atomic E-state index is 13.5. The lowest BCUT2D eigenvalue weighted by Crippen LogP contribution is -2.44. The van der Waals surface area contributed by atoms with Gasteiger partial charge in [-0.1, -0.05) is 23.7 Å². The van der Waals surface area contributed by atoms with E-state index in [0.717, 1.165) is 10.6 Å². The average Bonchev–Trinajstić information content (AvgIpc) is 2.64. The zero-order chi connectivity index (χ0) is 20.6. The molecule has 146 valence electrons. The second-order valence-electron chi connectivity index (χ2n) is 6.75. The van der Waals surface area contributed by atoms with Crippen LogP contribution in [0.1, 0.15) is 26.8 Å². The molecule has 1 amide bonds. The monoisotopic (exact) mass is 403 g/mol. The van der Waals surface area contributed by atoms with Crippen LogP contribution in [-0.2, 0) is 4.79 Å². The van der Waals surface area contributed by atoms with Crippen molar-refractivity contribution in [2.24, 2.45) is 0 Å². The minimum absolute atomic E-state index is 0.112. The maximum atomic E-state index is 13.5. The number of amides is 1. The second kappa shape index (κ2) is 7.59. The summed E-state index contributed by atoms with van der Waals surface area (Å²) < 4.78 is 15.7. The van der Waals surface area contributed by atoms with E-state index >= 15 is 0 Å². The van der Waals surface area contributed by atoms with Gasteiger partial charge >= 0.3 is 5.69 Å². The molecule has 1 N–H and O–H groups in total. The fourth-order valence-corrected chi connectivity index (χ4v) is 3.21. The highest BCUT2D eigenvalue weighted by atomic mass is 35.5. The van der Waals surface area contributed by atoms with Crippen molar-refractivity contribution in [3.05, 3.63) is 74.1 Å². The third-order valence-corrected chi connectivity index (χ3v) is 4.64. The molecule has 3 aromatic rings. The largest absolute Gasteiger partial charge is 0.352 e. The highest BCUT2D eigenvalue weighted by Crippen LogP contribution is 2.19. The minimum atomic E-state index is -0.873. The van der Waals surface area contributed by atoms with Crippen molar-refractivity contribution >= 4 is 28.4 Å². The predicted molar refractivity (Wildman–Crippen MR) is 107 cm³/mol. The van der Waals surface area contributed by atoms with Gasteiger partial charge in [-0.05, 0) is 51.1 Å². The number of hydrogen-bond acceptors (Lipinski definition) is 3. The summed E-state index contributed by atoms with van der Waals surface area (Å²) in [6.45, 7) is 5.21. The summed E-state index contributed by atoms with van der Waals surface area (Å²) in [6, 6.07) is 9.13. The van der Waals surface area contributed by atoms with E-state index in [-0.39, 0.29) is 28.0 Å². The lowest BCUT2D eigenvalue weighted by atomic mass is 10.2. The summed E-state index contributed by atoms with van der Waals surface area (Å²) in [5.74, 6) is -1.02. The zero-order valence-corrected chi connectivity index (χ0v) is 16.3. The van der Waals surface area contributed by atoms with Crippen LogP contribution in [-0.4, -0.2) is 21.1 Å². The average molecular weight is 404 g/mol. The third-order valence-electron chi connectivity index (χ3n) is 4.35. The molecule has 6 nitrogen and oxygen atoms in total. The van der Waals surface area contributed by atoms with E-state index in [0.29, 0.717) is 5.52 Å². The number of nitrogens with zero attached hydrogens (tertiary/aromatic N) is 2. The second-order valence-corrected chi connectivity index (χ2v) is 7.16. The summed E-state index contributed by atoms with van der Waals surface area (Å²) >= 11 is 5.83. The van der Waals surface area contributed by atoms with Gasteiger partial charge in [0.05, 0.1) is 21.6 Å². The van der Waals surface area contributed by atoms with Crippen LogP contribution in [0.15, 0.2) is 52.1 Å². The van der Waals surface area contributed by atoms with E-state index in [2.05, 4.69) is 5.32 Å². The van der Waals surface area contributed by atoms with E-state index in [1.165, 1.54) is 16.7 Å². The molecule has 1 aromatic heterocycles. The molecule has 0 unspecified atom stereocenters. The topological polar surface area (TPSA) is 73.1 Å². The fourth-order valence-electron chi connectivity index (χ4n) is 3.03. The fraction of sp³-hybridized carbons (Fsp3) is 0.250. The van der Waals surface area contributed by atoms with Crippen molar-refractivity contribution in [2.75, 3.05) is 0 Å². The number of para-hydroxylation sites is 1. The van der Waals surface area contributed by atoms with Gasteiger partial charge < -0.3 is 5.32 Å². The summed E-state index contributed by atoms with van der Waals surface area (Å²) in [4.78, 5) is 38.8. The Morgan fingerprint density at radius 2 is 1.79 bits per heavy atom. The molecule has 3 rings (SSSR count). The normalized spacial score (nSPS) is 12.4. The van der Waals surface area contributed by atoms with Crippen molar-refractivity contribution in [3.8, 4) is 5.69 Å². The first-order valence-corrected chi connectivity index (χ1v) is 9.12. The Bertz CT molecular complexity index is 1180. The molecular weight excluding hydrogens is 385 g/mol. The molecular formula is C20H19ClFN3O3. The van der Waals surface area contributed by atoms with Gasteiger partial charge in [0.25, 0.3) is 5.56 Å². The van der Waals surface area contributed by atoms with Gasteiger partial charge in [0, 0.05) is 6.04 Å². The van der Waals surface area contributed by atoms with E-state index in [9.17, 15) is 18.8 Å². The number of benzene rings is 2. The summed E-state index contributed by atoms with van der Waals surface area (Å²) in [5, 5.41) is 2.81. The molecule has 2 aromatic carbocycles. The van der Waals surface area contributed by atoms with Gasteiger partial charge in [-0.2, -0.15) is 0 Å². The molecule has 0 saturated carbocycles. The van der Waals surface area contributed by atoms with Gasteiger partial charge in [-0.3, -0.25) is 14.2 Å². The van der Waals surface area contributed by atoms with Crippen molar-refractivity contribution < 1.29 is 9.18 Å². The lowest BCUT2D eigenvalue weighted by Gasteiger charge is -2.20. The van der Waals surface area contributed by atoms with Crippen molar-refractivity contribution in [1.29, 1.82) is 0 Å². The van der Waals surface area contributed by atoms with Crippen LogP contribution in [0.25, 0.3) is 16.6 Å². The highest BCUT2D eigenvalue weighted by Gasteiger charge is 2.23. The molecule has 0 aliphatic rings. The van der Waals surface area contributed by atoms with E-state index in [1.54, 1.807) is 31.2 Å². The molecule has 0 aliphatic heterocycles. The lowest BCUT2D eigenvalue weighted by molar-refractivity contribution is -0.124. The quantitative estimate of drug-likeness (QED) is 0.727. The molecule has 1 heterocycles. The third kappa shape index (κ3) is 3.45. The Hall–Kier alpha value is -2.93. The number of carbonyl (C=O) groups excluding carboxylic acids is 1. The number of aromatic nitrogens is 2. The van der Waals surface area contributed by atoms with Crippen LogP contribution in [0.2, 0.25) is 5.02 Å². The van der Waals surface area contributed by atoms with Gasteiger partial charge in [-0.25, -0.2) is 13.8 Å². The summed E-state index contributed by atoms with van der Waals surface area (Å²) in [7, 11) is 0. The first kappa shape index (κ1) is 19.8. The number of hydrogen-bond donors (Lipinski definition) is 1. The van der Waals surface area contributed by atoms with Crippen molar-refractivity contribution in [3.63, 3.8) is 0 Å². The maximum Gasteiger partial charge on any atom is 0.336 e. The molecule has 0 radical (unpaired) electrons. The molecule has 0 aliphatic carbocycles. The molecule has 0 fully saturated rings. The van der Waals surface area contributed by atoms with Gasteiger partial charge in [-0.15, -0.1) is 0 Å². The van der Waals surface area contributed by atoms with Gasteiger partial charge in [0.1, 0.15) is 11.9 Å². The predicted octanol–water partition coefficient (Wildman–Crippen LogP) is 3.03. The van der Waals surface area contributed by atoms with E-state index < -0.39 is 23.1 Å². The Morgan fingerprint density at radius 3 is 2.43 bits per heavy atom. The molecule has 1 atom stereocenters. The zero-order valence-electron chi connectivity index (χ0n) is 15.6. The van der Waals surface area contributed by atoms with Crippen LogP contribution in [0.3, 0.4) is 0 Å². The molecule has 0 saturated heterocycles. The summed E-state index contributed by atoms with van der Waals surface area (Å²) in [5.41, 5.74) is -0.820. The van der Waals surface area contributed by atoms with Crippen LogP contribution in [0, 0.1) is 5.82 Å². The first-order valence-electron chi connectivity index (χ1n) is 8.74. The first-order chi connectivity index (χ1) is 13.2. The van der Waals surface area contributed by atoms with Crippen LogP contribution in [0.5, 0.6) is 0 Å². The Balaban J connectivity index is 2.35. The smallest absolute Gasteiger partial charge is 0.336 e. The standard InChI is InChI=1S/C20H19ClFN3O3/c1-11(2)23-18(26)12(3)24-17-7-5-4-6-14(17)19(27)25(20(24)28)13-8-9-16(22)15(21)10-13/h4-12H,1-3H3,(H,23,26)/t12-/m0/s1. The van der Waals surface area contributed by atoms with Crippen molar-refractivity contribution in [2.45, 2.75) is 32.9 Å². The van der Waals surface area contributed by atoms with Gasteiger partial charge in [0.2, 0.25) is 5.91 Å². The Labute approximate surface area is 165 Å². The van der Waals surface area contributed by atoms with E-state index in [4.69, 9.17) is 11.6 Å². The Morgan fingerprint density at radius 1 is 1.11 bits per heavy atom. The molecule has 0 bridgehead atoms. The molecule has 8 heteroatoms. The number of nitrogens with one attached hydrogen (secondary N) is 1. The van der Waals surface area contributed by atoms with Crippen molar-refractivity contribution in [1.82, 2.24) is 14.5 Å². The number of rotatable bonds is 4. The summed E-state index contributed by atoms with van der Waals surface area (Å²) in [6.07, 6.45) is 0. The van der Waals surface area contributed by atoms with Crippen LogP contribution in [0.4, 0.5) is 4.39 Å².